The van der Waals surface area contributed by atoms with Crippen molar-refractivity contribution in [3.05, 3.63) is 59.8 Å². The van der Waals surface area contributed by atoms with Gasteiger partial charge in [-0.1, -0.05) is 36.8 Å². The lowest BCUT2D eigenvalue weighted by atomic mass is 9.93. The molecule has 0 atom stereocenters. The number of carbonyl (C=O) groups excluding carboxylic acids is 2. The van der Waals surface area contributed by atoms with Crippen molar-refractivity contribution in [1.82, 2.24) is 4.98 Å². The molecule has 4 rings (SSSR count). The minimum absolute atomic E-state index is 0.0733. The van der Waals surface area contributed by atoms with E-state index in [4.69, 9.17) is 9.47 Å². The largest absolute Gasteiger partial charge is 0.419 e. The third kappa shape index (κ3) is 3.12. The highest BCUT2D eigenvalue weighted by Gasteiger charge is 2.46. The Kier molecular flexibility index (Phi) is 4.29. The van der Waals surface area contributed by atoms with Crippen molar-refractivity contribution in [2.75, 3.05) is 0 Å². The van der Waals surface area contributed by atoms with Gasteiger partial charge in [-0.2, -0.15) is 0 Å². The minimum atomic E-state index is -1.05. The molecule has 2 aliphatic rings. The maximum absolute atomic E-state index is 12.3. The molecule has 1 aliphatic heterocycles. The smallest absolute Gasteiger partial charge is 0.348 e. The van der Waals surface area contributed by atoms with Crippen molar-refractivity contribution < 1.29 is 19.1 Å². The van der Waals surface area contributed by atoms with E-state index in [0.717, 1.165) is 35.7 Å². The Bertz CT molecular complexity index is 895. The Morgan fingerprint density at radius 2 is 1.69 bits per heavy atom. The molecule has 2 aromatic rings. The van der Waals surface area contributed by atoms with Crippen molar-refractivity contribution in [3.8, 4) is 0 Å². The summed E-state index contributed by atoms with van der Waals surface area (Å²) < 4.78 is 11.0. The fraction of sp³-hybridized carbons (Fsp3) is 0.286. The van der Waals surface area contributed by atoms with Crippen LogP contribution in [0.1, 0.15) is 37.7 Å². The number of fused-ring (bicyclic) bond motifs is 1. The zero-order chi connectivity index (χ0) is 18.0. The zero-order valence-corrected chi connectivity index (χ0v) is 14.3. The molecule has 0 N–H and O–H groups in total. The number of esters is 2. The van der Waals surface area contributed by atoms with Gasteiger partial charge in [-0.3, -0.25) is 4.98 Å². The maximum Gasteiger partial charge on any atom is 0.348 e. The number of ether oxygens (including phenoxy) is 2. The summed E-state index contributed by atoms with van der Waals surface area (Å²) in [5.41, 5.74) is 1.77. The van der Waals surface area contributed by atoms with Gasteiger partial charge < -0.3 is 9.47 Å². The van der Waals surface area contributed by atoms with Gasteiger partial charge in [0.15, 0.2) is 0 Å². The molecule has 5 heteroatoms. The molecule has 1 saturated carbocycles. The van der Waals surface area contributed by atoms with Gasteiger partial charge in [0.2, 0.25) is 0 Å². The van der Waals surface area contributed by atoms with Gasteiger partial charge in [-0.15, -0.1) is 0 Å². The van der Waals surface area contributed by atoms with Gasteiger partial charge in [0.05, 0.1) is 5.52 Å². The van der Waals surface area contributed by atoms with Gasteiger partial charge in [-0.25, -0.2) is 9.59 Å². The number of benzene rings is 1. The Hall–Kier alpha value is -2.95. The van der Waals surface area contributed by atoms with E-state index in [9.17, 15) is 9.59 Å². The first-order chi connectivity index (χ1) is 12.7. The maximum atomic E-state index is 12.3. The monoisotopic (exact) mass is 349 g/mol. The quantitative estimate of drug-likeness (QED) is 0.467. The number of para-hydroxylation sites is 1. The number of rotatable bonds is 2. The van der Waals surface area contributed by atoms with E-state index in [0.29, 0.717) is 12.8 Å². The molecule has 1 aromatic heterocycles. The van der Waals surface area contributed by atoms with Crippen LogP contribution < -0.4 is 0 Å². The van der Waals surface area contributed by atoms with Crippen LogP contribution in [0.5, 0.6) is 0 Å². The average Bonchev–Trinajstić information content (AvgIpc) is 2.65. The Morgan fingerprint density at radius 3 is 2.46 bits per heavy atom. The number of nitrogens with zero attached hydrogens (tertiary/aromatic N) is 1. The summed E-state index contributed by atoms with van der Waals surface area (Å²) in [6, 6.07) is 9.67. The van der Waals surface area contributed by atoms with E-state index >= 15 is 0 Å². The molecule has 0 unspecified atom stereocenters. The van der Waals surface area contributed by atoms with Gasteiger partial charge >= 0.3 is 11.9 Å². The lowest BCUT2D eigenvalue weighted by Gasteiger charge is -2.38. The number of hydrogen-bond donors (Lipinski definition) is 0. The molecule has 0 radical (unpaired) electrons. The normalized spacial score (nSPS) is 19.6. The molecule has 2 heterocycles. The van der Waals surface area contributed by atoms with E-state index in [1.165, 1.54) is 6.08 Å². The van der Waals surface area contributed by atoms with Crippen LogP contribution in [0, 0.1) is 0 Å². The van der Waals surface area contributed by atoms with E-state index in [2.05, 4.69) is 4.98 Å². The van der Waals surface area contributed by atoms with Gasteiger partial charge in [0.1, 0.15) is 5.57 Å². The highest BCUT2D eigenvalue weighted by Crippen LogP contribution is 2.37. The summed E-state index contributed by atoms with van der Waals surface area (Å²) in [4.78, 5) is 28.9. The molecule has 0 amide bonds. The van der Waals surface area contributed by atoms with E-state index in [1.807, 2.05) is 36.4 Å². The SMILES string of the molecule is O=C1OC2(CCCCC2)OC(=O)C1=CC=Cc1ccnc2ccccc12. The van der Waals surface area contributed by atoms with E-state index in [-0.39, 0.29) is 5.57 Å². The first kappa shape index (κ1) is 16.5. The predicted octanol–water partition coefficient (Wildman–Crippen LogP) is 3.93. The Balaban J connectivity index is 1.56. The predicted molar refractivity (Wildman–Crippen MR) is 96.9 cm³/mol. The van der Waals surface area contributed by atoms with Crippen LogP contribution in [0.25, 0.3) is 17.0 Å². The second kappa shape index (κ2) is 6.75. The van der Waals surface area contributed by atoms with E-state index in [1.54, 1.807) is 12.3 Å². The molecular formula is C21H19NO4. The standard InChI is InChI=1S/C21H19NO4/c23-19-17(20(24)26-21(25-19)12-4-1-5-13-21)9-6-7-15-11-14-22-18-10-3-2-8-16(15)18/h2-3,6-11,14H,1,4-5,12-13H2. The second-order valence-electron chi connectivity index (χ2n) is 6.61. The van der Waals surface area contributed by atoms with E-state index < -0.39 is 17.7 Å². The molecule has 2 fully saturated rings. The average molecular weight is 349 g/mol. The van der Waals surface area contributed by atoms with Gasteiger partial charge in [0.25, 0.3) is 5.79 Å². The molecule has 0 bridgehead atoms. The molecule has 132 valence electrons. The van der Waals surface area contributed by atoms with Gasteiger partial charge in [-0.05, 0) is 36.6 Å². The molecule has 1 aromatic carbocycles. The molecule has 1 saturated heterocycles. The van der Waals surface area contributed by atoms with Crippen LogP contribution in [0.2, 0.25) is 0 Å². The van der Waals surface area contributed by atoms with Crippen molar-refractivity contribution in [1.29, 1.82) is 0 Å². The van der Waals surface area contributed by atoms with Crippen molar-refractivity contribution in [2.24, 2.45) is 0 Å². The fourth-order valence-corrected chi connectivity index (χ4v) is 3.49. The number of aromatic nitrogens is 1. The minimum Gasteiger partial charge on any atom is -0.419 e. The first-order valence-electron chi connectivity index (χ1n) is 8.86. The number of pyridine rings is 1. The van der Waals surface area contributed by atoms with Crippen LogP contribution in [0.3, 0.4) is 0 Å². The molecule has 26 heavy (non-hydrogen) atoms. The van der Waals surface area contributed by atoms with Crippen LogP contribution in [-0.2, 0) is 19.1 Å². The van der Waals surface area contributed by atoms with Crippen LogP contribution in [-0.4, -0.2) is 22.7 Å². The molecule has 5 nitrogen and oxygen atoms in total. The zero-order valence-electron chi connectivity index (χ0n) is 14.3. The number of allylic oxidation sites excluding steroid dienone is 2. The van der Waals surface area contributed by atoms with Crippen LogP contribution >= 0.6 is 0 Å². The third-order valence-electron chi connectivity index (χ3n) is 4.83. The lowest BCUT2D eigenvalue weighted by Crippen LogP contribution is -2.47. The van der Waals surface area contributed by atoms with Crippen molar-refractivity contribution >= 4 is 28.9 Å². The Labute approximate surface area is 151 Å². The molecule has 1 aliphatic carbocycles. The first-order valence-corrected chi connectivity index (χ1v) is 8.86. The number of carbonyl (C=O) groups is 2. The van der Waals surface area contributed by atoms with Crippen LogP contribution in [0.15, 0.2) is 54.3 Å². The third-order valence-corrected chi connectivity index (χ3v) is 4.83. The summed E-state index contributed by atoms with van der Waals surface area (Å²) in [6.07, 6.45) is 10.7. The van der Waals surface area contributed by atoms with Gasteiger partial charge in [0, 0.05) is 24.4 Å². The topological polar surface area (TPSA) is 65.5 Å². The highest BCUT2D eigenvalue weighted by molar-refractivity contribution is 6.15. The summed E-state index contributed by atoms with van der Waals surface area (Å²) in [5, 5.41) is 1.000. The summed E-state index contributed by atoms with van der Waals surface area (Å²) >= 11 is 0. The number of hydrogen-bond acceptors (Lipinski definition) is 5. The summed E-state index contributed by atoms with van der Waals surface area (Å²) in [7, 11) is 0. The fourth-order valence-electron chi connectivity index (χ4n) is 3.49. The summed E-state index contributed by atoms with van der Waals surface area (Å²) in [5.74, 6) is -2.26. The molecule has 1 spiro atoms. The van der Waals surface area contributed by atoms with Crippen molar-refractivity contribution in [2.45, 2.75) is 37.9 Å². The lowest BCUT2D eigenvalue weighted by molar-refractivity contribution is -0.244. The van der Waals surface area contributed by atoms with Crippen LogP contribution in [0.4, 0.5) is 0 Å². The van der Waals surface area contributed by atoms with Crippen molar-refractivity contribution in [3.63, 3.8) is 0 Å². The Morgan fingerprint density at radius 1 is 0.962 bits per heavy atom. The summed E-state index contributed by atoms with van der Waals surface area (Å²) in [6.45, 7) is 0. The molecular weight excluding hydrogens is 330 g/mol. The second-order valence-corrected chi connectivity index (χ2v) is 6.61. The highest BCUT2D eigenvalue weighted by atomic mass is 16.7.